The van der Waals surface area contributed by atoms with E-state index in [9.17, 15) is 14.9 Å². The first-order chi connectivity index (χ1) is 13.0. The van der Waals surface area contributed by atoms with Gasteiger partial charge in [-0.05, 0) is 0 Å². The number of rotatable bonds is 4. The zero-order chi connectivity index (χ0) is 19.0. The average Bonchev–Trinajstić information content (AvgIpc) is 3.11. The molecule has 0 saturated carbocycles. The molecule has 27 heavy (non-hydrogen) atoms. The molecular weight excluding hydrogens is 350 g/mol. The minimum Gasteiger partial charge on any atom is -0.365 e. The van der Waals surface area contributed by atoms with Crippen molar-refractivity contribution in [1.29, 1.82) is 0 Å². The average molecular weight is 365 g/mol. The summed E-state index contributed by atoms with van der Waals surface area (Å²) in [7, 11) is 0. The summed E-state index contributed by atoms with van der Waals surface area (Å²) in [5, 5.41) is 19.5. The lowest BCUT2D eigenvalue weighted by Gasteiger charge is -2.29. The molecule has 0 unspecified atom stereocenters. The van der Waals surface area contributed by atoms with Gasteiger partial charge in [-0.2, -0.15) is 0 Å². The van der Waals surface area contributed by atoms with Crippen LogP contribution in [0.2, 0.25) is 0 Å². The second-order valence-electron chi connectivity index (χ2n) is 6.07. The SMILES string of the molecule is NC(=O)c1cc([N+](=O)[O-])cnc1N1CCn2c(nnc2-c2ccccc2)C1. The summed E-state index contributed by atoms with van der Waals surface area (Å²) < 4.78 is 2.02. The predicted molar refractivity (Wildman–Crippen MR) is 95.9 cm³/mol. The molecular formula is C17H15N7O3. The molecule has 0 atom stereocenters. The first-order valence-electron chi connectivity index (χ1n) is 8.21. The van der Waals surface area contributed by atoms with Crippen molar-refractivity contribution < 1.29 is 9.72 Å². The van der Waals surface area contributed by atoms with Crippen LogP contribution in [-0.2, 0) is 13.1 Å². The van der Waals surface area contributed by atoms with Crippen LogP contribution in [0.25, 0.3) is 11.4 Å². The van der Waals surface area contributed by atoms with Gasteiger partial charge in [0.2, 0.25) is 0 Å². The van der Waals surface area contributed by atoms with Crippen LogP contribution in [0, 0.1) is 10.1 Å². The van der Waals surface area contributed by atoms with E-state index in [0.717, 1.165) is 29.5 Å². The van der Waals surface area contributed by atoms with E-state index in [0.29, 0.717) is 25.5 Å². The number of anilines is 1. The lowest BCUT2D eigenvalue weighted by molar-refractivity contribution is -0.385. The van der Waals surface area contributed by atoms with E-state index in [1.807, 2.05) is 39.8 Å². The number of pyridine rings is 1. The third-order valence-electron chi connectivity index (χ3n) is 4.41. The summed E-state index contributed by atoms with van der Waals surface area (Å²) in [5.74, 6) is 1.04. The molecule has 0 radical (unpaired) electrons. The molecule has 1 aliphatic heterocycles. The van der Waals surface area contributed by atoms with Gasteiger partial charge in [0.1, 0.15) is 12.0 Å². The molecule has 0 spiro atoms. The van der Waals surface area contributed by atoms with Crippen molar-refractivity contribution in [3.8, 4) is 11.4 Å². The monoisotopic (exact) mass is 365 g/mol. The molecule has 1 aliphatic rings. The normalized spacial score (nSPS) is 13.3. The van der Waals surface area contributed by atoms with Crippen LogP contribution in [-0.4, -0.2) is 37.1 Å². The Morgan fingerprint density at radius 3 is 2.67 bits per heavy atom. The maximum atomic E-state index is 11.8. The summed E-state index contributed by atoms with van der Waals surface area (Å²) in [4.78, 5) is 28.0. The van der Waals surface area contributed by atoms with Crippen LogP contribution in [0.3, 0.4) is 0 Å². The predicted octanol–water partition coefficient (Wildman–Crippen LogP) is 1.37. The zero-order valence-electron chi connectivity index (χ0n) is 14.1. The number of fused-ring (bicyclic) bond motifs is 1. The Bertz CT molecular complexity index is 1030. The van der Waals surface area contributed by atoms with Gasteiger partial charge in [-0.3, -0.25) is 14.9 Å². The van der Waals surface area contributed by atoms with Crippen molar-refractivity contribution in [3.63, 3.8) is 0 Å². The second-order valence-corrected chi connectivity index (χ2v) is 6.07. The lowest BCUT2D eigenvalue weighted by Crippen LogP contribution is -2.36. The molecule has 2 aromatic heterocycles. The van der Waals surface area contributed by atoms with Crippen molar-refractivity contribution in [2.75, 3.05) is 11.4 Å². The van der Waals surface area contributed by atoms with E-state index in [1.54, 1.807) is 0 Å². The fourth-order valence-corrected chi connectivity index (χ4v) is 3.12. The summed E-state index contributed by atoms with van der Waals surface area (Å²) in [6.45, 7) is 1.49. The Morgan fingerprint density at radius 2 is 1.96 bits per heavy atom. The molecule has 1 amide bonds. The Morgan fingerprint density at radius 1 is 1.19 bits per heavy atom. The molecule has 10 heteroatoms. The van der Waals surface area contributed by atoms with Gasteiger partial charge < -0.3 is 15.2 Å². The smallest absolute Gasteiger partial charge is 0.288 e. The number of benzene rings is 1. The van der Waals surface area contributed by atoms with E-state index in [1.165, 1.54) is 0 Å². The van der Waals surface area contributed by atoms with Gasteiger partial charge in [-0.1, -0.05) is 30.3 Å². The molecule has 2 N–H and O–H groups in total. The molecule has 3 aromatic rings. The van der Waals surface area contributed by atoms with Gasteiger partial charge in [-0.25, -0.2) is 4.98 Å². The topological polar surface area (TPSA) is 133 Å². The molecule has 0 fully saturated rings. The molecule has 4 rings (SSSR count). The van der Waals surface area contributed by atoms with Crippen molar-refractivity contribution in [2.24, 2.45) is 5.73 Å². The maximum absolute atomic E-state index is 11.8. The highest BCUT2D eigenvalue weighted by molar-refractivity contribution is 5.98. The molecule has 3 heterocycles. The second kappa shape index (κ2) is 6.48. The van der Waals surface area contributed by atoms with Crippen molar-refractivity contribution in [2.45, 2.75) is 13.1 Å². The van der Waals surface area contributed by atoms with E-state index < -0.39 is 10.8 Å². The highest BCUT2D eigenvalue weighted by atomic mass is 16.6. The molecule has 10 nitrogen and oxygen atoms in total. The van der Waals surface area contributed by atoms with Crippen molar-refractivity contribution >= 4 is 17.4 Å². The van der Waals surface area contributed by atoms with Gasteiger partial charge in [0, 0.05) is 24.7 Å². The Kier molecular flexibility index (Phi) is 3.99. The van der Waals surface area contributed by atoms with Crippen LogP contribution in [0.15, 0.2) is 42.6 Å². The number of nitro groups is 1. The van der Waals surface area contributed by atoms with Gasteiger partial charge in [0.25, 0.3) is 11.6 Å². The number of carbonyl (C=O) groups is 1. The molecule has 0 saturated heterocycles. The van der Waals surface area contributed by atoms with E-state index in [4.69, 9.17) is 5.73 Å². The number of carbonyl (C=O) groups excluding carboxylic acids is 1. The summed E-state index contributed by atoms with van der Waals surface area (Å²) in [5.41, 5.74) is 6.11. The number of nitrogens with two attached hydrogens (primary N) is 1. The first kappa shape index (κ1) is 16.6. The third-order valence-corrected chi connectivity index (χ3v) is 4.41. The molecule has 0 bridgehead atoms. The van der Waals surface area contributed by atoms with Crippen LogP contribution >= 0.6 is 0 Å². The minimum absolute atomic E-state index is 0.0143. The van der Waals surface area contributed by atoms with Crippen LogP contribution in [0.4, 0.5) is 11.5 Å². The third kappa shape index (κ3) is 2.97. The van der Waals surface area contributed by atoms with Crippen LogP contribution in [0.5, 0.6) is 0 Å². The summed E-state index contributed by atoms with van der Waals surface area (Å²) in [6.07, 6.45) is 1.12. The van der Waals surface area contributed by atoms with Gasteiger partial charge in [0.15, 0.2) is 11.6 Å². The number of amides is 1. The van der Waals surface area contributed by atoms with Crippen molar-refractivity contribution in [1.82, 2.24) is 19.7 Å². The number of nitrogens with zero attached hydrogens (tertiary/aromatic N) is 6. The number of hydrogen-bond acceptors (Lipinski definition) is 7. The zero-order valence-corrected chi connectivity index (χ0v) is 14.1. The fraction of sp³-hybridized carbons (Fsp3) is 0.176. The van der Waals surface area contributed by atoms with E-state index >= 15 is 0 Å². The minimum atomic E-state index is -0.766. The maximum Gasteiger partial charge on any atom is 0.288 e. The number of aromatic nitrogens is 4. The molecule has 1 aromatic carbocycles. The van der Waals surface area contributed by atoms with Crippen LogP contribution < -0.4 is 10.6 Å². The summed E-state index contributed by atoms with van der Waals surface area (Å²) in [6, 6.07) is 10.9. The van der Waals surface area contributed by atoms with Crippen molar-refractivity contribution in [3.05, 3.63) is 64.1 Å². The number of primary amides is 1. The molecule has 136 valence electrons. The van der Waals surface area contributed by atoms with E-state index in [-0.39, 0.29) is 11.3 Å². The highest BCUT2D eigenvalue weighted by Gasteiger charge is 2.26. The fourth-order valence-electron chi connectivity index (χ4n) is 3.12. The highest BCUT2D eigenvalue weighted by Crippen LogP contribution is 2.27. The van der Waals surface area contributed by atoms with Gasteiger partial charge in [0.05, 0.1) is 17.0 Å². The Balaban J connectivity index is 1.67. The number of hydrogen-bond donors (Lipinski definition) is 1. The van der Waals surface area contributed by atoms with Crippen LogP contribution in [0.1, 0.15) is 16.2 Å². The van der Waals surface area contributed by atoms with Gasteiger partial charge in [-0.15, -0.1) is 10.2 Å². The Labute approximate surface area is 153 Å². The quantitative estimate of drug-likeness (QED) is 0.545. The lowest BCUT2D eigenvalue weighted by atomic mass is 10.2. The Hall–Kier alpha value is -3.82. The first-order valence-corrected chi connectivity index (χ1v) is 8.21. The van der Waals surface area contributed by atoms with E-state index in [2.05, 4.69) is 15.2 Å². The largest absolute Gasteiger partial charge is 0.365 e. The standard InChI is InChI=1S/C17H15N7O3/c18-15(25)13-8-12(24(26)27)9-19-17(13)22-6-7-23-14(10-22)20-21-16(23)11-4-2-1-3-5-11/h1-5,8-9H,6-7,10H2,(H2,18,25). The summed E-state index contributed by atoms with van der Waals surface area (Å²) >= 11 is 0. The molecule has 0 aliphatic carbocycles. The van der Waals surface area contributed by atoms with Gasteiger partial charge >= 0.3 is 0 Å².